The number of nitrogens with one attached hydrogen (secondary N) is 1. The van der Waals surface area contributed by atoms with Crippen molar-refractivity contribution < 1.29 is 14.3 Å². The Morgan fingerprint density at radius 3 is 2.57 bits per heavy atom. The quantitative estimate of drug-likeness (QED) is 0.833. The van der Waals surface area contributed by atoms with Gasteiger partial charge < -0.3 is 24.6 Å². The van der Waals surface area contributed by atoms with Crippen LogP contribution in [0, 0.1) is 12.8 Å². The van der Waals surface area contributed by atoms with E-state index in [0.717, 1.165) is 69.0 Å². The Labute approximate surface area is 169 Å². The van der Waals surface area contributed by atoms with Gasteiger partial charge in [0.05, 0.1) is 13.2 Å². The molecule has 1 unspecified atom stereocenters. The van der Waals surface area contributed by atoms with Crippen molar-refractivity contribution in [2.45, 2.75) is 51.7 Å². The van der Waals surface area contributed by atoms with Crippen LogP contribution in [0.25, 0.3) is 0 Å². The molecule has 2 aliphatic heterocycles. The standard InChI is InChI=1S/C22H35N3O3/c1-16-15-19(5-6-21(16)28-20-9-13-27-14-10-20)23-22(26)25(4)17(2)18-7-11-24(3)12-8-18/h5-6,15,17-18,20H,7-14H2,1-4H3,(H,23,26). The largest absolute Gasteiger partial charge is 0.490 e. The molecule has 6 nitrogen and oxygen atoms in total. The first kappa shape index (κ1) is 20.9. The minimum atomic E-state index is -0.0519. The average Bonchev–Trinajstić information content (AvgIpc) is 2.70. The molecule has 1 aromatic carbocycles. The van der Waals surface area contributed by atoms with Gasteiger partial charge in [-0.1, -0.05) is 0 Å². The number of benzene rings is 1. The van der Waals surface area contributed by atoms with Gasteiger partial charge in [-0.25, -0.2) is 4.79 Å². The molecular weight excluding hydrogens is 354 g/mol. The Morgan fingerprint density at radius 2 is 1.93 bits per heavy atom. The lowest BCUT2D eigenvalue weighted by molar-refractivity contribution is 0.0253. The van der Waals surface area contributed by atoms with E-state index in [-0.39, 0.29) is 18.2 Å². The van der Waals surface area contributed by atoms with Crippen molar-refractivity contribution in [1.29, 1.82) is 0 Å². The molecule has 1 aromatic rings. The summed E-state index contributed by atoms with van der Waals surface area (Å²) in [5.41, 5.74) is 1.85. The van der Waals surface area contributed by atoms with Crippen molar-refractivity contribution in [3.8, 4) is 5.75 Å². The monoisotopic (exact) mass is 389 g/mol. The molecule has 1 atom stereocenters. The van der Waals surface area contributed by atoms with Crippen LogP contribution in [-0.4, -0.2) is 68.4 Å². The van der Waals surface area contributed by atoms with Crippen LogP contribution in [0.4, 0.5) is 10.5 Å². The number of hydrogen-bond acceptors (Lipinski definition) is 4. The number of carbonyl (C=O) groups is 1. The Bertz CT molecular complexity index is 652. The first-order valence-corrected chi connectivity index (χ1v) is 10.5. The second-order valence-corrected chi connectivity index (χ2v) is 8.33. The van der Waals surface area contributed by atoms with E-state index in [4.69, 9.17) is 9.47 Å². The molecule has 2 saturated heterocycles. The molecule has 0 aliphatic carbocycles. The van der Waals surface area contributed by atoms with Gasteiger partial charge in [0, 0.05) is 31.6 Å². The summed E-state index contributed by atoms with van der Waals surface area (Å²) in [6.07, 6.45) is 4.36. The second kappa shape index (κ2) is 9.61. The molecule has 2 aliphatic rings. The van der Waals surface area contributed by atoms with Crippen molar-refractivity contribution >= 4 is 11.7 Å². The van der Waals surface area contributed by atoms with Gasteiger partial charge in [-0.05, 0) is 76.5 Å². The molecule has 1 N–H and O–H groups in total. The average molecular weight is 390 g/mol. The van der Waals surface area contributed by atoms with Crippen LogP contribution in [0.1, 0.15) is 38.2 Å². The topological polar surface area (TPSA) is 54.0 Å². The molecule has 2 fully saturated rings. The lowest BCUT2D eigenvalue weighted by Crippen LogP contribution is -2.45. The van der Waals surface area contributed by atoms with Gasteiger partial charge in [0.25, 0.3) is 0 Å². The van der Waals surface area contributed by atoms with Gasteiger partial charge >= 0.3 is 6.03 Å². The van der Waals surface area contributed by atoms with Crippen molar-refractivity contribution in [3.63, 3.8) is 0 Å². The number of piperidine rings is 1. The summed E-state index contributed by atoms with van der Waals surface area (Å²) in [6, 6.07) is 6.05. The molecule has 156 valence electrons. The Morgan fingerprint density at radius 1 is 1.25 bits per heavy atom. The van der Waals surface area contributed by atoms with E-state index in [9.17, 15) is 4.79 Å². The van der Waals surface area contributed by atoms with Crippen molar-refractivity contribution in [3.05, 3.63) is 23.8 Å². The van der Waals surface area contributed by atoms with E-state index in [1.165, 1.54) is 0 Å². The number of rotatable bonds is 5. The smallest absolute Gasteiger partial charge is 0.321 e. The predicted octanol–water partition coefficient (Wildman–Crippen LogP) is 3.75. The SMILES string of the molecule is Cc1cc(NC(=O)N(C)C(C)C2CCN(C)CC2)ccc1OC1CCOCC1. The third kappa shape index (κ3) is 5.39. The normalized spacial score (nSPS) is 20.6. The highest BCUT2D eigenvalue weighted by Gasteiger charge is 2.27. The van der Waals surface area contributed by atoms with E-state index in [0.29, 0.717) is 5.92 Å². The van der Waals surface area contributed by atoms with Gasteiger partial charge in [-0.2, -0.15) is 0 Å². The lowest BCUT2D eigenvalue weighted by atomic mass is 9.90. The first-order valence-electron chi connectivity index (χ1n) is 10.5. The van der Waals surface area contributed by atoms with E-state index < -0.39 is 0 Å². The van der Waals surface area contributed by atoms with Gasteiger partial charge in [0.15, 0.2) is 0 Å². The number of hydrogen-bond donors (Lipinski definition) is 1. The molecule has 0 radical (unpaired) electrons. The highest BCUT2D eigenvalue weighted by atomic mass is 16.5. The minimum Gasteiger partial charge on any atom is -0.490 e. The molecule has 0 aromatic heterocycles. The summed E-state index contributed by atoms with van der Waals surface area (Å²) in [5, 5.41) is 3.04. The number of amides is 2. The van der Waals surface area contributed by atoms with Crippen LogP contribution in [-0.2, 0) is 4.74 Å². The summed E-state index contributed by atoms with van der Waals surface area (Å²) in [6.45, 7) is 7.93. The molecule has 2 heterocycles. The maximum atomic E-state index is 12.7. The maximum absolute atomic E-state index is 12.7. The maximum Gasteiger partial charge on any atom is 0.321 e. The number of ether oxygens (including phenoxy) is 2. The summed E-state index contributed by atoms with van der Waals surface area (Å²) in [5.74, 6) is 1.45. The van der Waals surface area contributed by atoms with E-state index in [2.05, 4.69) is 24.2 Å². The number of nitrogens with zero attached hydrogens (tertiary/aromatic N) is 2. The van der Waals surface area contributed by atoms with Crippen LogP contribution in [0.15, 0.2) is 18.2 Å². The summed E-state index contributed by atoms with van der Waals surface area (Å²) in [4.78, 5) is 16.9. The fraction of sp³-hybridized carbons (Fsp3) is 0.682. The first-order chi connectivity index (χ1) is 13.4. The highest BCUT2D eigenvalue weighted by molar-refractivity contribution is 5.89. The number of anilines is 1. The Balaban J connectivity index is 1.55. The van der Waals surface area contributed by atoms with E-state index in [1.807, 2.05) is 37.1 Å². The molecule has 28 heavy (non-hydrogen) atoms. The molecule has 0 spiro atoms. The van der Waals surface area contributed by atoms with Gasteiger partial charge in [0.2, 0.25) is 0 Å². The number of likely N-dealkylation sites (tertiary alicyclic amines) is 1. The zero-order valence-electron chi connectivity index (χ0n) is 17.7. The van der Waals surface area contributed by atoms with Crippen LogP contribution >= 0.6 is 0 Å². The number of urea groups is 1. The second-order valence-electron chi connectivity index (χ2n) is 8.33. The Kier molecular flexibility index (Phi) is 7.18. The zero-order valence-corrected chi connectivity index (χ0v) is 17.7. The molecule has 3 rings (SSSR count). The highest BCUT2D eigenvalue weighted by Crippen LogP contribution is 2.26. The fourth-order valence-corrected chi connectivity index (χ4v) is 4.06. The van der Waals surface area contributed by atoms with Crippen molar-refractivity contribution in [2.75, 3.05) is 45.7 Å². The molecule has 0 bridgehead atoms. The number of carbonyl (C=O) groups excluding carboxylic acids is 1. The van der Waals surface area contributed by atoms with Gasteiger partial charge in [-0.15, -0.1) is 0 Å². The summed E-state index contributed by atoms with van der Waals surface area (Å²) >= 11 is 0. The molecule has 2 amide bonds. The van der Waals surface area contributed by atoms with Crippen LogP contribution in [0.5, 0.6) is 5.75 Å². The van der Waals surface area contributed by atoms with Crippen LogP contribution in [0.3, 0.4) is 0 Å². The zero-order chi connectivity index (χ0) is 20.1. The third-order valence-electron chi connectivity index (χ3n) is 6.26. The van der Waals surface area contributed by atoms with Gasteiger partial charge in [-0.3, -0.25) is 0 Å². The Hall–Kier alpha value is -1.79. The van der Waals surface area contributed by atoms with Crippen molar-refractivity contribution in [1.82, 2.24) is 9.80 Å². The lowest BCUT2D eigenvalue weighted by Gasteiger charge is -2.37. The predicted molar refractivity (Wildman–Crippen MR) is 112 cm³/mol. The molecule has 0 saturated carbocycles. The third-order valence-corrected chi connectivity index (χ3v) is 6.26. The summed E-state index contributed by atoms with van der Waals surface area (Å²) in [7, 11) is 4.06. The van der Waals surface area contributed by atoms with E-state index >= 15 is 0 Å². The van der Waals surface area contributed by atoms with Crippen LogP contribution < -0.4 is 10.1 Å². The van der Waals surface area contributed by atoms with Crippen molar-refractivity contribution in [2.24, 2.45) is 5.92 Å². The number of aryl methyl sites for hydroxylation is 1. The fourth-order valence-electron chi connectivity index (χ4n) is 4.06. The molecular formula is C22H35N3O3. The molecule has 6 heteroatoms. The van der Waals surface area contributed by atoms with Gasteiger partial charge in [0.1, 0.15) is 11.9 Å². The summed E-state index contributed by atoms with van der Waals surface area (Å²) < 4.78 is 11.5. The van der Waals surface area contributed by atoms with Crippen LogP contribution in [0.2, 0.25) is 0 Å². The van der Waals surface area contributed by atoms with E-state index in [1.54, 1.807) is 0 Å². The minimum absolute atomic E-state index is 0.0519.